The number of halogens is 3. The van der Waals surface area contributed by atoms with Gasteiger partial charge < -0.3 is 4.74 Å². The van der Waals surface area contributed by atoms with Crippen molar-refractivity contribution in [3.8, 4) is 11.5 Å². The van der Waals surface area contributed by atoms with Crippen molar-refractivity contribution in [1.82, 2.24) is 0 Å². The topological polar surface area (TPSA) is 26.3 Å². The van der Waals surface area contributed by atoms with Crippen LogP contribution in [0.15, 0.2) is 42.5 Å². The lowest BCUT2D eigenvalue weighted by Gasteiger charge is -2.09. The molecule has 0 spiro atoms. The van der Waals surface area contributed by atoms with Gasteiger partial charge in [-0.15, -0.1) is 0 Å². The van der Waals surface area contributed by atoms with Gasteiger partial charge in [-0.25, -0.2) is 0 Å². The van der Waals surface area contributed by atoms with Gasteiger partial charge in [-0.1, -0.05) is 35.3 Å². The molecule has 0 radical (unpaired) electrons. The molecule has 18 heavy (non-hydrogen) atoms. The fraction of sp³-hybridized carbons (Fsp3) is 0. The van der Waals surface area contributed by atoms with Crippen molar-refractivity contribution in [2.75, 3.05) is 0 Å². The Morgan fingerprint density at radius 3 is 2.39 bits per heavy atom. The Bertz CT molecular complexity index is 597. The van der Waals surface area contributed by atoms with Gasteiger partial charge in [0, 0.05) is 6.07 Å². The van der Waals surface area contributed by atoms with Crippen LogP contribution in [0.4, 0.5) is 0 Å². The third-order valence-corrected chi connectivity index (χ3v) is 3.16. The highest BCUT2D eigenvalue weighted by atomic mass is 35.5. The molecule has 0 saturated heterocycles. The predicted molar refractivity (Wildman–Crippen MR) is 73.2 cm³/mol. The number of carbonyl (C=O) groups is 1. The van der Waals surface area contributed by atoms with Gasteiger partial charge >= 0.3 is 0 Å². The van der Waals surface area contributed by atoms with Crippen molar-refractivity contribution >= 4 is 40.0 Å². The normalized spacial score (nSPS) is 10.2. The van der Waals surface area contributed by atoms with E-state index < -0.39 is 5.24 Å². The van der Waals surface area contributed by atoms with Crippen LogP contribution in [0.5, 0.6) is 11.5 Å². The molecule has 0 aromatic heterocycles. The number of carbonyl (C=O) groups excluding carboxylic acids is 1. The maximum atomic E-state index is 11.2. The molecule has 2 aromatic carbocycles. The number of ether oxygens (including phenoxy) is 1. The predicted octanol–water partition coefficient (Wildman–Crippen LogP) is 5.16. The van der Waals surface area contributed by atoms with Crippen molar-refractivity contribution in [2.24, 2.45) is 0 Å². The zero-order valence-electron chi connectivity index (χ0n) is 8.99. The van der Waals surface area contributed by atoms with E-state index in [0.29, 0.717) is 27.1 Å². The lowest BCUT2D eigenvalue weighted by Crippen LogP contribution is -1.94. The molecule has 0 aliphatic carbocycles. The Morgan fingerprint density at radius 2 is 1.72 bits per heavy atom. The molecule has 2 rings (SSSR count). The highest BCUT2D eigenvalue weighted by molar-refractivity contribution is 6.68. The van der Waals surface area contributed by atoms with Gasteiger partial charge in [0.2, 0.25) is 0 Å². The van der Waals surface area contributed by atoms with Gasteiger partial charge in [0.1, 0.15) is 11.5 Å². The summed E-state index contributed by atoms with van der Waals surface area (Å²) in [5.74, 6) is 0.852. The smallest absolute Gasteiger partial charge is 0.256 e. The van der Waals surface area contributed by atoms with Crippen LogP contribution < -0.4 is 4.74 Å². The Labute approximate surface area is 119 Å². The minimum atomic E-state index is -0.578. The van der Waals surface area contributed by atoms with E-state index in [2.05, 4.69) is 0 Å². The number of hydrogen-bond donors (Lipinski definition) is 0. The van der Waals surface area contributed by atoms with Crippen molar-refractivity contribution in [3.05, 3.63) is 58.1 Å². The van der Waals surface area contributed by atoms with Crippen LogP contribution in [0.25, 0.3) is 0 Å². The van der Waals surface area contributed by atoms with E-state index in [0.717, 1.165) is 0 Å². The first-order chi connectivity index (χ1) is 8.58. The Balaban J connectivity index is 2.34. The van der Waals surface area contributed by atoms with E-state index in [1.165, 1.54) is 0 Å². The summed E-state index contributed by atoms with van der Waals surface area (Å²) >= 11 is 17.1. The molecular weight excluding hydrogens is 294 g/mol. The highest BCUT2D eigenvalue weighted by Crippen LogP contribution is 2.31. The average molecular weight is 302 g/mol. The summed E-state index contributed by atoms with van der Waals surface area (Å²) in [7, 11) is 0. The van der Waals surface area contributed by atoms with E-state index in [-0.39, 0.29) is 0 Å². The Hall–Kier alpha value is -1.22. The van der Waals surface area contributed by atoms with Gasteiger partial charge in [0.25, 0.3) is 5.24 Å². The summed E-state index contributed by atoms with van der Waals surface area (Å²) < 4.78 is 5.56. The fourth-order valence-corrected chi connectivity index (χ4v) is 1.83. The van der Waals surface area contributed by atoms with Crippen LogP contribution >= 0.6 is 34.8 Å². The maximum Gasteiger partial charge on any atom is 0.256 e. The zero-order chi connectivity index (χ0) is 13.1. The molecule has 0 heterocycles. The molecule has 0 bridgehead atoms. The fourth-order valence-electron chi connectivity index (χ4n) is 1.39. The van der Waals surface area contributed by atoms with Crippen LogP contribution in [0.3, 0.4) is 0 Å². The van der Waals surface area contributed by atoms with E-state index >= 15 is 0 Å². The molecule has 0 aliphatic rings. The van der Waals surface area contributed by atoms with Crippen LogP contribution in [-0.2, 0) is 0 Å². The van der Waals surface area contributed by atoms with Gasteiger partial charge in [-0.05, 0) is 35.9 Å². The molecule has 5 heteroatoms. The van der Waals surface area contributed by atoms with Crippen LogP contribution in [0.2, 0.25) is 10.0 Å². The Kier molecular flexibility index (Phi) is 4.12. The zero-order valence-corrected chi connectivity index (χ0v) is 11.3. The minimum absolute atomic E-state index is 0.297. The van der Waals surface area contributed by atoms with Crippen molar-refractivity contribution < 1.29 is 9.53 Å². The summed E-state index contributed by atoms with van der Waals surface area (Å²) in [4.78, 5) is 11.2. The SMILES string of the molecule is O=C(Cl)c1ccccc1Oc1ccc(Cl)c(Cl)c1. The van der Waals surface area contributed by atoms with E-state index in [1.54, 1.807) is 42.5 Å². The third-order valence-electron chi connectivity index (χ3n) is 2.22. The lowest BCUT2D eigenvalue weighted by molar-refractivity contribution is 0.107. The first-order valence-electron chi connectivity index (χ1n) is 4.99. The Morgan fingerprint density at radius 1 is 1.00 bits per heavy atom. The second kappa shape index (κ2) is 5.61. The molecule has 0 N–H and O–H groups in total. The molecule has 92 valence electrons. The summed E-state index contributed by atoms with van der Waals surface area (Å²) in [6.07, 6.45) is 0. The van der Waals surface area contributed by atoms with Crippen molar-refractivity contribution in [1.29, 1.82) is 0 Å². The maximum absolute atomic E-state index is 11.2. The molecule has 0 amide bonds. The molecule has 0 fully saturated rings. The van der Waals surface area contributed by atoms with Gasteiger partial charge in [-0.2, -0.15) is 0 Å². The van der Waals surface area contributed by atoms with Gasteiger partial charge in [0.15, 0.2) is 0 Å². The quantitative estimate of drug-likeness (QED) is 0.731. The number of benzene rings is 2. The standard InChI is InChI=1S/C13H7Cl3O2/c14-10-6-5-8(7-11(10)15)18-12-4-2-1-3-9(12)13(16)17/h1-7H. The van der Waals surface area contributed by atoms with Crippen molar-refractivity contribution in [2.45, 2.75) is 0 Å². The monoisotopic (exact) mass is 300 g/mol. The molecule has 2 aromatic rings. The highest BCUT2D eigenvalue weighted by Gasteiger charge is 2.10. The molecule has 2 nitrogen and oxygen atoms in total. The van der Waals surface area contributed by atoms with Gasteiger partial charge in [-0.3, -0.25) is 4.79 Å². The van der Waals surface area contributed by atoms with Crippen LogP contribution in [-0.4, -0.2) is 5.24 Å². The molecule has 0 atom stereocenters. The van der Waals surface area contributed by atoms with E-state index in [9.17, 15) is 4.79 Å². The van der Waals surface area contributed by atoms with Gasteiger partial charge in [0.05, 0.1) is 15.6 Å². The largest absolute Gasteiger partial charge is 0.457 e. The second-order valence-electron chi connectivity index (χ2n) is 3.45. The number of rotatable bonds is 3. The average Bonchev–Trinajstić information content (AvgIpc) is 2.34. The molecule has 0 unspecified atom stereocenters. The summed E-state index contributed by atoms with van der Waals surface area (Å²) in [6.45, 7) is 0. The number of hydrogen-bond acceptors (Lipinski definition) is 2. The van der Waals surface area contributed by atoms with Crippen LogP contribution in [0.1, 0.15) is 10.4 Å². The molecule has 0 saturated carbocycles. The summed E-state index contributed by atoms with van der Waals surface area (Å²) in [5, 5.41) is 0.236. The first kappa shape index (κ1) is 13.2. The minimum Gasteiger partial charge on any atom is -0.457 e. The summed E-state index contributed by atoms with van der Waals surface area (Å²) in [6, 6.07) is 11.5. The second-order valence-corrected chi connectivity index (χ2v) is 4.61. The molecular formula is C13H7Cl3O2. The van der Waals surface area contributed by atoms with E-state index in [4.69, 9.17) is 39.5 Å². The van der Waals surface area contributed by atoms with Crippen molar-refractivity contribution in [3.63, 3.8) is 0 Å². The molecule has 0 aliphatic heterocycles. The first-order valence-corrected chi connectivity index (χ1v) is 6.13. The third kappa shape index (κ3) is 2.96. The summed E-state index contributed by atoms with van der Waals surface area (Å²) in [5.41, 5.74) is 0.297. The van der Waals surface area contributed by atoms with Crippen LogP contribution in [0, 0.1) is 0 Å². The van der Waals surface area contributed by atoms with E-state index in [1.807, 2.05) is 0 Å². The lowest BCUT2D eigenvalue weighted by atomic mass is 10.2. The number of para-hydroxylation sites is 1.